The summed E-state index contributed by atoms with van der Waals surface area (Å²) in [6, 6.07) is 4.37. The van der Waals surface area contributed by atoms with Gasteiger partial charge in [0, 0.05) is 18.0 Å². The normalized spacial score (nSPS) is 14.5. The van der Waals surface area contributed by atoms with Gasteiger partial charge in [-0.25, -0.2) is 4.79 Å². The van der Waals surface area contributed by atoms with Crippen molar-refractivity contribution in [1.29, 1.82) is 0 Å². The summed E-state index contributed by atoms with van der Waals surface area (Å²) in [5, 5.41) is 12.5. The Morgan fingerprint density at radius 3 is 2.50 bits per heavy atom. The standard InChI is InChI=1S/C16H17F3N4O/c1-2-20-15(24)21-14-12(9-3-4-9)22-23-13(14)10-5-7-11(8-6-10)16(17,18)19/h5-9H,2-4H2,1H3,(H,22,23)(H2,20,21,24). The number of aromatic nitrogens is 2. The van der Waals surface area contributed by atoms with E-state index < -0.39 is 11.7 Å². The highest BCUT2D eigenvalue weighted by Crippen LogP contribution is 2.45. The number of hydrogen-bond acceptors (Lipinski definition) is 2. The van der Waals surface area contributed by atoms with Gasteiger partial charge in [-0.2, -0.15) is 18.3 Å². The Bertz CT molecular complexity index is 733. The Labute approximate surface area is 136 Å². The van der Waals surface area contributed by atoms with E-state index in [1.54, 1.807) is 6.92 Å². The van der Waals surface area contributed by atoms with Crippen LogP contribution in [0.5, 0.6) is 0 Å². The first-order chi connectivity index (χ1) is 11.4. The SMILES string of the molecule is CCNC(=O)Nc1c(-c2ccc(C(F)(F)F)cc2)n[nH]c1C1CC1. The van der Waals surface area contributed by atoms with Crippen molar-refractivity contribution in [3.63, 3.8) is 0 Å². The smallest absolute Gasteiger partial charge is 0.338 e. The van der Waals surface area contributed by atoms with E-state index in [0.717, 1.165) is 30.7 Å². The maximum atomic E-state index is 12.7. The number of carbonyl (C=O) groups excluding carboxylic acids is 1. The number of aromatic amines is 1. The Morgan fingerprint density at radius 1 is 1.29 bits per heavy atom. The van der Waals surface area contributed by atoms with Gasteiger partial charge in [0.15, 0.2) is 0 Å². The van der Waals surface area contributed by atoms with E-state index in [9.17, 15) is 18.0 Å². The maximum absolute atomic E-state index is 12.7. The van der Waals surface area contributed by atoms with Gasteiger partial charge in [0.05, 0.1) is 16.9 Å². The number of halogens is 3. The zero-order chi connectivity index (χ0) is 17.3. The van der Waals surface area contributed by atoms with Crippen molar-refractivity contribution in [2.24, 2.45) is 0 Å². The molecule has 8 heteroatoms. The molecule has 1 aromatic carbocycles. The lowest BCUT2D eigenvalue weighted by atomic mass is 10.1. The Kier molecular flexibility index (Phi) is 4.21. The van der Waals surface area contributed by atoms with Gasteiger partial charge in [0.2, 0.25) is 0 Å². The first-order valence-corrected chi connectivity index (χ1v) is 7.71. The molecule has 0 radical (unpaired) electrons. The number of alkyl halides is 3. The third-order valence-electron chi connectivity index (χ3n) is 3.84. The molecule has 1 aliphatic rings. The molecule has 1 aromatic heterocycles. The number of urea groups is 1. The minimum Gasteiger partial charge on any atom is -0.338 e. The molecule has 128 valence electrons. The molecule has 0 aliphatic heterocycles. The Morgan fingerprint density at radius 2 is 1.96 bits per heavy atom. The summed E-state index contributed by atoms with van der Waals surface area (Å²) in [7, 11) is 0. The van der Waals surface area contributed by atoms with E-state index >= 15 is 0 Å². The molecule has 2 amide bonds. The third-order valence-corrected chi connectivity index (χ3v) is 3.84. The van der Waals surface area contributed by atoms with Crippen molar-refractivity contribution >= 4 is 11.7 Å². The van der Waals surface area contributed by atoms with Crippen LogP contribution in [0.2, 0.25) is 0 Å². The molecule has 1 aliphatic carbocycles. The quantitative estimate of drug-likeness (QED) is 0.785. The van der Waals surface area contributed by atoms with Crippen LogP contribution < -0.4 is 10.6 Å². The minimum atomic E-state index is -4.38. The van der Waals surface area contributed by atoms with E-state index in [0.29, 0.717) is 29.4 Å². The second kappa shape index (κ2) is 6.18. The van der Waals surface area contributed by atoms with Crippen molar-refractivity contribution < 1.29 is 18.0 Å². The maximum Gasteiger partial charge on any atom is 0.416 e. The number of nitrogens with one attached hydrogen (secondary N) is 3. The van der Waals surface area contributed by atoms with E-state index in [4.69, 9.17) is 0 Å². The molecular weight excluding hydrogens is 321 g/mol. The second-order valence-electron chi connectivity index (χ2n) is 5.69. The fourth-order valence-corrected chi connectivity index (χ4v) is 2.49. The van der Waals surface area contributed by atoms with Crippen molar-refractivity contribution in [2.45, 2.75) is 31.9 Å². The third kappa shape index (κ3) is 3.37. The lowest BCUT2D eigenvalue weighted by Crippen LogP contribution is -2.28. The number of carbonyl (C=O) groups is 1. The van der Waals surface area contributed by atoms with Gasteiger partial charge in [-0.15, -0.1) is 0 Å². The van der Waals surface area contributed by atoms with Crippen LogP contribution in [0.25, 0.3) is 11.3 Å². The average Bonchev–Trinajstić information content (AvgIpc) is 3.28. The fraction of sp³-hybridized carbons (Fsp3) is 0.375. The molecule has 0 bridgehead atoms. The van der Waals surface area contributed by atoms with Crippen LogP contribution in [-0.2, 0) is 6.18 Å². The number of nitrogens with zero attached hydrogens (tertiary/aromatic N) is 1. The number of hydrogen-bond donors (Lipinski definition) is 3. The summed E-state index contributed by atoms with van der Waals surface area (Å²) in [5.74, 6) is 0.303. The van der Waals surface area contributed by atoms with Crippen molar-refractivity contribution in [1.82, 2.24) is 15.5 Å². The predicted octanol–water partition coefficient (Wildman–Crippen LogP) is 4.11. The highest BCUT2D eigenvalue weighted by molar-refractivity contribution is 5.94. The minimum absolute atomic E-state index is 0.303. The second-order valence-corrected chi connectivity index (χ2v) is 5.69. The molecule has 0 saturated heterocycles. The molecule has 3 N–H and O–H groups in total. The van der Waals surface area contributed by atoms with E-state index in [1.807, 2.05) is 0 Å². The molecule has 0 atom stereocenters. The highest BCUT2D eigenvalue weighted by Gasteiger charge is 2.32. The lowest BCUT2D eigenvalue weighted by molar-refractivity contribution is -0.137. The number of benzene rings is 1. The van der Waals surface area contributed by atoms with Gasteiger partial charge < -0.3 is 10.6 Å². The lowest BCUT2D eigenvalue weighted by Gasteiger charge is -2.10. The molecule has 5 nitrogen and oxygen atoms in total. The molecule has 0 spiro atoms. The average molecular weight is 338 g/mol. The topological polar surface area (TPSA) is 69.8 Å². The number of H-pyrrole nitrogens is 1. The van der Waals surface area contributed by atoms with Crippen molar-refractivity contribution in [2.75, 3.05) is 11.9 Å². The number of amides is 2. The van der Waals surface area contributed by atoms with E-state index in [1.165, 1.54) is 12.1 Å². The molecular formula is C16H17F3N4O. The summed E-state index contributed by atoms with van der Waals surface area (Å²) < 4.78 is 38.1. The van der Waals surface area contributed by atoms with Crippen LogP contribution in [-0.4, -0.2) is 22.8 Å². The van der Waals surface area contributed by atoms with Crippen LogP contribution in [0.4, 0.5) is 23.7 Å². The van der Waals surface area contributed by atoms with Crippen LogP contribution in [0.15, 0.2) is 24.3 Å². The van der Waals surface area contributed by atoms with Crippen molar-refractivity contribution in [3.05, 3.63) is 35.5 Å². The van der Waals surface area contributed by atoms with Crippen LogP contribution in [0, 0.1) is 0 Å². The predicted molar refractivity (Wildman–Crippen MR) is 83.7 cm³/mol. The van der Waals surface area contributed by atoms with Crippen LogP contribution in [0.3, 0.4) is 0 Å². The number of rotatable bonds is 4. The molecule has 24 heavy (non-hydrogen) atoms. The van der Waals surface area contributed by atoms with Gasteiger partial charge in [0.25, 0.3) is 0 Å². The van der Waals surface area contributed by atoms with E-state index in [-0.39, 0.29) is 6.03 Å². The Balaban J connectivity index is 1.93. The summed E-state index contributed by atoms with van der Waals surface area (Å²) in [6.45, 7) is 2.27. The van der Waals surface area contributed by atoms with Gasteiger partial charge in [-0.05, 0) is 31.9 Å². The van der Waals surface area contributed by atoms with Gasteiger partial charge in [-0.1, -0.05) is 12.1 Å². The first-order valence-electron chi connectivity index (χ1n) is 7.71. The molecule has 1 saturated carbocycles. The molecule has 2 aromatic rings. The fourth-order valence-electron chi connectivity index (χ4n) is 2.49. The van der Waals surface area contributed by atoms with Gasteiger partial charge >= 0.3 is 12.2 Å². The molecule has 1 heterocycles. The molecule has 0 unspecified atom stereocenters. The summed E-state index contributed by atoms with van der Waals surface area (Å²) in [4.78, 5) is 11.9. The zero-order valence-electron chi connectivity index (χ0n) is 13.0. The number of anilines is 1. The summed E-state index contributed by atoms with van der Waals surface area (Å²) in [6.07, 6.45) is -2.39. The summed E-state index contributed by atoms with van der Waals surface area (Å²) in [5.41, 5.74) is 1.58. The zero-order valence-corrected chi connectivity index (χ0v) is 13.0. The Hall–Kier alpha value is -2.51. The largest absolute Gasteiger partial charge is 0.416 e. The molecule has 3 rings (SSSR count). The van der Waals surface area contributed by atoms with Crippen molar-refractivity contribution in [3.8, 4) is 11.3 Å². The van der Waals surface area contributed by atoms with Gasteiger partial charge in [0.1, 0.15) is 5.69 Å². The molecule has 1 fully saturated rings. The first kappa shape index (κ1) is 16.4. The van der Waals surface area contributed by atoms with E-state index in [2.05, 4.69) is 20.8 Å². The van der Waals surface area contributed by atoms with Gasteiger partial charge in [-0.3, -0.25) is 5.10 Å². The monoisotopic (exact) mass is 338 g/mol. The van der Waals surface area contributed by atoms with Crippen LogP contribution >= 0.6 is 0 Å². The highest BCUT2D eigenvalue weighted by atomic mass is 19.4. The van der Waals surface area contributed by atoms with Crippen LogP contribution in [0.1, 0.15) is 36.9 Å². The summed E-state index contributed by atoms with van der Waals surface area (Å²) >= 11 is 0.